The van der Waals surface area contributed by atoms with Gasteiger partial charge in [0, 0.05) is 43.4 Å². The molecule has 8 heteroatoms. The first-order chi connectivity index (χ1) is 18.6. The highest BCUT2D eigenvalue weighted by atomic mass is 35.5. The number of hydrogen-bond acceptors (Lipinski definition) is 5. The molecule has 0 unspecified atom stereocenters. The number of carbonyl (C=O) groups excluding carboxylic acids is 1. The van der Waals surface area contributed by atoms with Crippen LogP contribution >= 0.6 is 11.6 Å². The molecule has 0 radical (unpaired) electrons. The zero-order chi connectivity index (χ0) is 26.1. The number of ether oxygens (including phenoxy) is 1. The summed E-state index contributed by atoms with van der Waals surface area (Å²) in [4.78, 5) is 22.9. The Morgan fingerprint density at radius 2 is 1.55 bits per heavy atom. The number of fused-ring (bicyclic) bond motifs is 1. The number of anilines is 1. The first kappa shape index (κ1) is 24.0. The van der Waals surface area contributed by atoms with Crippen LogP contribution in [0.3, 0.4) is 0 Å². The van der Waals surface area contributed by atoms with Gasteiger partial charge in [0.2, 0.25) is 0 Å². The van der Waals surface area contributed by atoms with Gasteiger partial charge in [-0.25, -0.2) is 9.50 Å². The predicted octanol–water partition coefficient (Wildman–Crippen LogP) is 5.69. The zero-order valence-corrected chi connectivity index (χ0v) is 21.7. The van der Waals surface area contributed by atoms with E-state index >= 15 is 0 Å². The van der Waals surface area contributed by atoms with Gasteiger partial charge in [0.1, 0.15) is 11.4 Å². The number of aromatic nitrogens is 3. The molecule has 1 saturated heterocycles. The lowest BCUT2D eigenvalue weighted by molar-refractivity contribution is 0.0738. The molecular weight excluding hydrogens is 498 g/mol. The van der Waals surface area contributed by atoms with E-state index in [1.165, 1.54) is 0 Å². The molecule has 3 aromatic carbocycles. The smallest absolute Gasteiger partial charge is 0.272 e. The average molecular weight is 524 g/mol. The van der Waals surface area contributed by atoms with Crippen molar-refractivity contribution < 1.29 is 9.53 Å². The fraction of sp³-hybridized carbons (Fsp3) is 0.167. The van der Waals surface area contributed by atoms with E-state index < -0.39 is 0 Å². The third-order valence-corrected chi connectivity index (χ3v) is 7.18. The van der Waals surface area contributed by atoms with Crippen LogP contribution in [0.25, 0.3) is 28.2 Å². The summed E-state index contributed by atoms with van der Waals surface area (Å²) in [6, 6.07) is 29.1. The quantitative estimate of drug-likeness (QED) is 0.296. The van der Waals surface area contributed by atoms with Gasteiger partial charge in [0.05, 0.1) is 29.2 Å². The van der Waals surface area contributed by atoms with Gasteiger partial charge < -0.3 is 14.5 Å². The molecular formula is C30H26ClN5O2. The van der Waals surface area contributed by atoms with Crippen molar-refractivity contribution in [3.63, 3.8) is 0 Å². The average Bonchev–Trinajstić information content (AvgIpc) is 3.41. The Labute approximate surface area is 225 Å². The highest BCUT2D eigenvalue weighted by molar-refractivity contribution is 6.33. The van der Waals surface area contributed by atoms with Crippen molar-refractivity contribution in [2.45, 2.75) is 0 Å². The van der Waals surface area contributed by atoms with Crippen molar-refractivity contribution in [2.24, 2.45) is 0 Å². The molecule has 1 amide bonds. The van der Waals surface area contributed by atoms with Crippen LogP contribution < -0.4 is 9.64 Å². The number of benzene rings is 3. The van der Waals surface area contributed by atoms with Crippen LogP contribution in [0.5, 0.6) is 5.75 Å². The van der Waals surface area contributed by atoms with Gasteiger partial charge >= 0.3 is 0 Å². The van der Waals surface area contributed by atoms with Crippen LogP contribution in [0.2, 0.25) is 5.02 Å². The van der Waals surface area contributed by atoms with E-state index in [0.29, 0.717) is 49.0 Å². The number of halogens is 1. The van der Waals surface area contributed by atoms with Crippen molar-refractivity contribution in [3.05, 3.63) is 102 Å². The normalized spacial score (nSPS) is 13.6. The Morgan fingerprint density at radius 3 is 2.32 bits per heavy atom. The van der Waals surface area contributed by atoms with Crippen molar-refractivity contribution in [1.29, 1.82) is 0 Å². The maximum atomic E-state index is 14.0. The second-order valence-corrected chi connectivity index (χ2v) is 9.53. The summed E-state index contributed by atoms with van der Waals surface area (Å²) in [6.07, 6.45) is 0. The summed E-state index contributed by atoms with van der Waals surface area (Å²) in [5.74, 6) is 0.606. The van der Waals surface area contributed by atoms with E-state index in [2.05, 4.69) is 4.90 Å². The second kappa shape index (κ2) is 10.2. The molecule has 7 nitrogen and oxygen atoms in total. The fourth-order valence-corrected chi connectivity index (χ4v) is 5.15. The van der Waals surface area contributed by atoms with Gasteiger partial charge in [0.15, 0.2) is 5.65 Å². The van der Waals surface area contributed by atoms with E-state index in [-0.39, 0.29) is 5.91 Å². The Bertz CT molecular complexity index is 1610. The molecule has 1 aliphatic heterocycles. The summed E-state index contributed by atoms with van der Waals surface area (Å²) in [5.41, 5.74) is 5.25. The number of para-hydroxylation sites is 2. The standard InChI is InChI=1S/C30H26ClN5O2/c1-38-28-14-8-5-11-22(28)25-19-27(36-29(32-25)20-24(33-36)21-9-3-2-4-10-21)30(37)35-17-15-34(16-18-35)26-13-7-6-12-23(26)31/h2-14,19-20H,15-18H2,1H3. The summed E-state index contributed by atoms with van der Waals surface area (Å²) in [7, 11) is 1.63. The second-order valence-electron chi connectivity index (χ2n) is 9.12. The molecule has 1 aliphatic rings. The third-order valence-electron chi connectivity index (χ3n) is 6.86. The number of hydrogen-bond donors (Lipinski definition) is 0. The molecule has 0 spiro atoms. The molecule has 5 aromatic rings. The minimum Gasteiger partial charge on any atom is -0.496 e. The molecule has 190 valence electrons. The topological polar surface area (TPSA) is 63.0 Å². The number of piperazine rings is 1. The molecule has 1 fully saturated rings. The van der Waals surface area contributed by atoms with Crippen molar-refractivity contribution in [3.8, 4) is 28.3 Å². The Morgan fingerprint density at radius 1 is 0.842 bits per heavy atom. The van der Waals surface area contributed by atoms with Crippen molar-refractivity contribution >= 4 is 28.8 Å². The van der Waals surface area contributed by atoms with Crippen LogP contribution in [0.1, 0.15) is 10.5 Å². The van der Waals surface area contributed by atoms with Crippen LogP contribution in [-0.4, -0.2) is 58.7 Å². The minimum absolute atomic E-state index is 0.0879. The number of methoxy groups -OCH3 is 1. The van der Waals surface area contributed by atoms with E-state index in [1.807, 2.05) is 95.9 Å². The summed E-state index contributed by atoms with van der Waals surface area (Å²) >= 11 is 6.42. The fourth-order valence-electron chi connectivity index (χ4n) is 4.89. The first-order valence-electron chi connectivity index (χ1n) is 12.5. The molecule has 0 N–H and O–H groups in total. The molecule has 6 rings (SSSR count). The molecule has 0 atom stereocenters. The highest BCUT2D eigenvalue weighted by Gasteiger charge is 2.26. The van der Waals surface area contributed by atoms with Crippen LogP contribution in [-0.2, 0) is 0 Å². The summed E-state index contributed by atoms with van der Waals surface area (Å²) in [5, 5.41) is 5.52. The molecule has 38 heavy (non-hydrogen) atoms. The van der Waals surface area contributed by atoms with Crippen LogP contribution in [0.15, 0.2) is 91.0 Å². The number of amides is 1. The zero-order valence-electron chi connectivity index (χ0n) is 20.9. The summed E-state index contributed by atoms with van der Waals surface area (Å²) in [6.45, 7) is 2.53. The molecule has 2 aromatic heterocycles. The Hall–Kier alpha value is -4.36. The lowest BCUT2D eigenvalue weighted by Gasteiger charge is -2.36. The van der Waals surface area contributed by atoms with E-state index in [4.69, 9.17) is 26.4 Å². The Balaban J connectivity index is 1.38. The summed E-state index contributed by atoms with van der Waals surface area (Å²) < 4.78 is 7.25. The molecule has 0 aliphatic carbocycles. The van der Waals surface area contributed by atoms with Crippen molar-refractivity contribution in [1.82, 2.24) is 19.5 Å². The number of rotatable bonds is 5. The largest absolute Gasteiger partial charge is 0.496 e. The van der Waals surface area contributed by atoms with Gasteiger partial charge in [-0.05, 0) is 30.3 Å². The maximum absolute atomic E-state index is 14.0. The molecule has 0 bridgehead atoms. The number of nitrogens with zero attached hydrogens (tertiary/aromatic N) is 5. The molecule has 3 heterocycles. The lowest BCUT2D eigenvalue weighted by Crippen LogP contribution is -2.49. The van der Waals surface area contributed by atoms with Crippen LogP contribution in [0, 0.1) is 0 Å². The van der Waals surface area contributed by atoms with Crippen molar-refractivity contribution in [2.75, 3.05) is 38.2 Å². The van der Waals surface area contributed by atoms with E-state index in [9.17, 15) is 4.79 Å². The lowest BCUT2D eigenvalue weighted by atomic mass is 10.1. The monoisotopic (exact) mass is 523 g/mol. The van der Waals surface area contributed by atoms with Gasteiger partial charge in [-0.1, -0.05) is 66.2 Å². The van der Waals surface area contributed by atoms with E-state index in [0.717, 1.165) is 27.5 Å². The van der Waals surface area contributed by atoms with Gasteiger partial charge in [-0.2, -0.15) is 5.10 Å². The van der Waals surface area contributed by atoms with E-state index in [1.54, 1.807) is 11.6 Å². The van der Waals surface area contributed by atoms with Gasteiger partial charge in [0.25, 0.3) is 5.91 Å². The SMILES string of the molecule is COc1ccccc1-c1cc(C(=O)N2CCN(c3ccccc3Cl)CC2)n2nc(-c3ccccc3)cc2n1. The maximum Gasteiger partial charge on any atom is 0.272 e. The van der Waals surface area contributed by atoms with Crippen LogP contribution in [0.4, 0.5) is 5.69 Å². The highest BCUT2D eigenvalue weighted by Crippen LogP contribution is 2.31. The van der Waals surface area contributed by atoms with Gasteiger partial charge in [-0.3, -0.25) is 4.79 Å². The molecule has 0 saturated carbocycles. The number of carbonyl (C=O) groups is 1. The minimum atomic E-state index is -0.0879. The predicted molar refractivity (Wildman–Crippen MR) is 150 cm³/mol. The Kier molecular flexibility index (Phi) is 6.43. The first-order valence-corrected chi connectivity index (χ1v) is 12.9. The van der Waals surface area contributed by atoms with Gasteiger partial charge in [-0.15, -0.1) is 0 Å². The third kappa shape index (κ3) is 4.46.